The van der Waals surface area contributed by atoms with Crippen LogP contribution in [-0.2, 0) is 17.6 Å². The zero-order valence-corrected chi connectivity index (χ0v) is 19.6. The van der Waals surface area contributed by atoms with Crippen LogP contribution in [0.1, 0.15) is 48.3 Å². The third-order valence-electron chi connectivity index (χ3n) is 5.51. The molecular formula is C23H29F3N6O3. The quantitative estimate of drug-likeness (QED) is 0.561. The highest BCUT2D eigenvalue weighted by molar-refractivity contribution is 5.99. The average molecular weight is 495 g/mol. The fourth-order valence-electron chi connectivity index (χ4n) is 3.54. The number of anilines is 2. The number of nitrogens with one attached hydrogen (secondary N) is 2. The molecule has 2 aromatic heterocycles. The molecule has 1 saturated carbocycles. The van der Waals surface area contributed by atoms with Gasteiger partial charge in [0.15, 0.2) is 0 Å². The van der Waals surface area contributed by atoms with E-state index in [-0.39, 0.29) is 11.9 Å². The van der Waals surface area contributed by atoms with Gasteiger partial charge in [0.2, 0.25) is 0 Å². The second kappa shape index (κ2) is 11.3. The number of fused-ring (bicyclic) bond motifs is 1. The lowest BCUT2D eigenvalue weighted by atomic mass is 10.0. The molecule has 0 spiro atoms. The number of pyridine rings is 1. The first kappa shape index (κ1) is 26.2. The van der Waals surface area contributed by atoms with Crippen LogP contribution in [-0.4, -0.2) is 63.8 Å². The Morgan fingerprint density at radius 1 is 1.23 bits per heavy atom. The van der Waals surface area contributed by atoms with E-state index in [0.717, 1.165) is 49.6 Å². The van der Waals surface area contributed by atoms with Crippen molar-refractivity contribution in [3.63, 3.8) is 0 Å². The van der Waals surface area contributed by atoms with Crippen LogP contribution in [0.25, 0.3) is 0 Å². The summed E-state index contributed by atoms with van der Waals surface area (Å²) in [4.78, 5) is 37.2. The minimum absolute atomic E-state index is 0.0257. The second-order valence-corrected chi connectivity index (χ2v) is 8.80. The molecule has 2 aromatic rings. The molecule has 9 nitrogen and oxygen atoms in total. The molecule has 1 fully saturated rings. The molecule has 0 aromatic carbocycles. The summed E-state index contributed by atoms with van der Waals surface area (Å²) in [6.07, 6.45) is 2.38. The Hall–Kier alpha value is -3.44. The van der Waals surface area contributed by atoms with E-state index in [0.29, 0.717) is 17.3 Å². The van der Waals surface area contributed by atoms with Crippen LogP contribution in [0.3, 0.4) is 0 Å². The number of alkyl halides is 3. The van der Waals surface area contributed by atoms with E-state index in [9.17, 15) is 18.0 Å². The summed E-state index contributed by atoms with van der Waals surface area (Å²) in [6.45, 7) is 6.60. The highest BCUT2D eigenvalue weighted by Gasteiger charge is 2.38. The molecule has 0 unspecified atom stereocenters. The molecule has 4 rings (SSSR count). The molecule has 0 bridgehead atoms. The van der Waals surface area contributed by atoms with Crippen molar-refractivity contribution in [3.05, 3.63) is 41.5 Å². The molecular weight excluding hydrogens is 465 g/mol. The molecule has 2 aliphatic rings. The van der Waals surface area contributed by atoms with Gasteiger partial charge in [0.05, 0.1) is 5.56 Å². The predicted molar refractivity (Wildman–Crippen MR) is 123 cm³/mol. The number of halogens is 3. The first-order valence-electron chi connectivity index (χ1n) is 11.4. The van der Waals surface area contributed by atoms with Crippen LogP contribution < -0.4 is 15.5 Å². The molecule has 1 amide bonds. The summed E-state index contributed by atoms with van der Waals surface area (Å²) < 4.78 is 31.7. The van der Waals surface area contributed by atoms with E-state index in [1.54, 1.807) is 12.5 Å². The third kappa shape index (κ3) is 7.79. The zero-order chi connectivity index (χ0) is 25.6. The van der Waals surface area contributed by atoms with Gasteiger partial charge in [-0.05, 0) is 56.7 Å². The van der Waals surface area contributed by atoms with Crippen molar-refractivity contribution in [2.45, 2.75) is 51.7 Å². The van der Waals surface area contributed by atoms with Crippen LogP contribution in [0.5, 0.6) is 0 Å². The number of carboxylic acid groups (broad SMARTS) is 1. The Labute approximate surface area is 201 Å². The van der Waals surface area contributed by atoms with Gasteiger partial charge in [-0.2, -0.15) is 13.2 Å². The summed E-state index contributed by atoms with van der Waals surface area (Å²) in [5, 5.41) is 13.6. The zero-order valence-electron chi connectivity index (χ0n) is 19.6. The Morgan fingerprint density at radius 2 is 1.91 bits per heavy atom. The standard InChI is InChI=1S/C21H28N6O.C2HF3O2/c1-14(2)25-20-17(21(28)23-12-15-3-4-15)11-16-6-9-27(10-7-18(16)26-20)19-5-8-22-13-24-19;3-2(4,5)1(6)7/h5,8,11,13-15H,3-4,6-7,9-10,12H2,1-2H3,(H,23,28)(H,25,26);(H,6,7). The molecule has 190 valence electrons. The maximum Gasteiger partial charge on any atom is 0.490 e. The molecule has 0 saturated heterocycles. The lowest BCUT2D eigenvalue weighted by Gasteiger charge is -2.20. The van der Waals surface area contributed by atoms with E-state index in [1.165, 1.54) is 12.8 Å². The second-order valence-electron chi connectivity index (χ2n) is 8.80. The topological polar surface area (TPSA) is 120 Å². The molecule has 12 heteroatoms. The SMILES string of the molecule is CC(C)Nc1nc2c(cc1C(=O)NCC1CC1)CCN(c1ccncn1)CC2.O=C(O)C(F)(F)F. The maximum atomic E-state index is 12.8. The molecule has 0 atom stereocenters. The van der Waals surface area contributed by atoms with Crippen molar-refractivity contribution in [3.8, 4) is 0 Å². The van der Waals surface area contributed by atoms with Gasteiger partial charge in [-0.1, -0.05) is 0 Å². The first-order valence-corrected chi connectivity index (χ1v) is 11.4. The van der Waals surface area contributed by atoms with Crippen molar-refractivity contribution >= 4 is 23.5 Å². The van der Waals surface area contributed by atoms with E-state index in [2.05, 4.69) is 39.3 Å². The van der Waals surface area contributed by atoms with Gasteiger partial charge in [-0.25, -0.2) is 19.7 Å². The van der Waals surface area contributed by atoms with Crippen LogP contribution in [0.15, 0.2) is 24.7 Å². The fourth-order valence-corrected chi connectivity index (χ4v) is 3.54. The highest BCUT2D eigenvalue weighted by atomic mass is 19.4. The predicted octanol–water partition coefficient (Wildman–Crippen LogP) is 3.07. The Bertz CT molecular complexity index is 1030. The van der Waals surface area contributed by atoms with Crippen molar-refractivity contribution in [1.29, 1.82) is 0 Å². The molecule has 1 aliphatic heterocycles. The molecule has 3 N–H and O–H groups in total. The number of carboxylic acids is 1. The minimum atomic E-state index is -5.08. The van der Waals surface area contributed by atoms with Crippen LogP contribution in [0.4, 0.5) is 24.8 Å². The third-order valence-corrected chi connectivity index (χ3v) is 5.51. The van der Waals surface area contributed by atoms with E-state index in [4.69, 9.17) is 14.9 Å². The summed E-state index contributed by atoms with van der Waals surface area (Å²) in [5.74, 6) is -0.501. The van der Waals surface area contributed by atoms with Crippen LogP contribution in [0.2, 0.25) is 0 Å². The van der Waals surface area contributed by atoms with Crippen LogP contribution >= 0.6 is 0 Å². The van der Waals surface area contributed by atoms with E-state index < -0.39 is 12.1 Å². The molecule has 3 heterocycles. The highest BCUT2D eigenvalue weighted by Crippen LogP contribution is 2.28. The smallest absolute Gasteiger partial charge is 0.475 e. The van der Waals surface area contributed by atoms with Gasteiger partial charge in [0.1, 0.15) is 18.0 Å². The Kier molecular flexibility index (Phi) is 8.47. The number of amides is 1. The number of hydrogen-bond acceptors (Lipinski definition) is 7. The first-order chi connectivity index (χ1) is 16.5. The van der Waals surface area contributed by atoms with Crippen molar-refractivity contribution in [2.75, 3.05) is 29.9 Å². The summed E-state index contributed by atoms with van der Waals surface area (Å²) in [6, 6.07) is 4.19. The number of aromatic nitrogens is 3. The summed E-state index contributed by atoms with van der Waals surface area (Å²) in [7, 11) is 0. The lowest BCUT2D eigenvalue weighted by molar-refractivity contribution is -0.192. The number of nitrogens with zero attached hydrogens (tertiary/aromatic N) is 4. The number of carbonyl (C=O) groups is 2. The van der Waals surface area contributed by atoms with Gasteiger partial charge in [-0.15, -0.1) is 0 Å². The van der Waals surface area contributed by atoms with Gasteiger partial charge in [-0.3, -0.25) is 4.79 Å². The molecule has 0 radical (unpaired) electrons. The lowest BCUT2D eigenvalue weighted by Crippen LogP contribution is -2.28. The largest absolute Gasteiger partial charge is 0.490 e. The van der Waals surface area contributed by atoms with Crippen molar-refractivity contribution in [2.24, 2.45) is 5.92 Å². The number of hydrogen-bond donors (Lipinski definition) is 3. The van der Waals surface area contributed by atoms with Gasteiger partial charge in [0, 0.05) is 44.0 Å². The average Bonchev–Trinajstić information content (AvgIpc) is 3.64. The number of rotatable bonds is 6. The Morgan fingerprint density at radius 3 is 2.49 bits per heavy atom. The normalized spacial score (nSPS) is 15.4. The van der Waals surface area contributed by atoms with Gasteiger partial charge >= 0.3 is 12.1 Å². The van der Waals surface area contributed by atoms with Crippen molar-refractivity contribution < 1.29 is 27.9 Å². The summed E-state index contributed by atoms with van der Waals surface area (Å²) in [5.41, 5.74) is 2.88. The maximum absolute atomic E-state index is 12.8. The van der Waals surface area contributed by atoms with Gasteiger partial charge < -0.3 is 20.6 Å². The monoisotopic (exact) mass is 494 g/mol. The molecule has 1 aliphatic carbocycles. The number of carbonyl (C=O) groups excluding carboxylic acids is 1. The fraction of sp³-hybridized carbons (Fsp3) is 0.522. The number of aliphatic carboxylic acids is 1. The summed E-state index contributed by atoms with van der Waals surface area (Å²) >= 11 is 0. The minimum Gasteiger partial charge on any atom is -0.475 e. The molecule has 35 heavy (non-hydrogen) atoms. The van der Waals surface area contributed by atoms with E-state index in [1.807, 2.05) is 12.1 Å². The van der Waals surface area contributed by atoms with Crippen LogP contribution in [0, 0.1) is 5.92 Å². The van der Waals surface area contributed by atoms with Gasteiger partial charge in [0.25, 0.3) is 5.91 Å². The Balaban J connectivity index is 0.000000429. The van der Waals surface area contributed by atoms with E-state index >= 15 is 0 Å². The van der Waals surface area contributed by atoms with Crippen molar-refractivity contribution in [1.82, 2.24) is 20.3 Å².